The van der Waals surface area contributed by atoms with E-state index in [4.69, 9.17) is 9.15 Å². The minimum Gasteiger partial charge on any atom is -0.455 e. The van der Waals surface area contributed by atoms with E-state index < -0.39 is 11.9 Å². The summed E-state index contributed by atoms with van der Waals surface area (Å²) in [6, 6.07) is 16.8. The van der Waals surface area contributed by atoms with Gasteiger partial charge in [0.1, 0.15) is 11.9 Å². The smallest absolute Gasteiger partial charge is 0.416 e. The maximum absolute atomic E-state index is 11.0. The number of aliphatic hydroxyl groups is 1. The minimum absolute atomic E-state index is 0.177. The highest BCUT2D eigenvalue weighted by Gasteiger charge is 2.13. The van der Waals surface area contributed by atoms with Gasteiger partial charge in [-0.1, -0.05) is 30.3 Å². The number of aromatic amines is 1. The van der Waals surface area contributed by atoms with E-state index in [2.05, 4.69) is 10.3 Å². The van der Waals surface area contributed by atoms with Gasteiger partial charge in [0.15, 0.2) is 11.5 Å². The van der Waals surface area contributed by atoms with Crippen LogP contribution in [-0.2, 0) is 0 Å². The number of hydrogen-bond donors (Lipinski definition) is 3. The average molecular weight is 312 g/mol. The van der Waals surface area contributed by atoms with Crippen LogP contribution in [-0.4, -0.2) is 16.6 Å². The minimum atomic E-state index is -0.946. The number of oxazole rings is 1. The molecule has 6 heteroatoms. The summed E-state index contributed by atoms with van der Waals surface area (Å²) >= 11 is 0. The van der Waals surface area contributed by atoms with E-state index in [-0.39, 0.29) is 12.3 Å². The molecule has 3 aromatic rings. The number of aromatic nitrogens is 1. The number of rotatable bonds is 6. The third kappa shape index (κ3) is 3.81. The number of H-pyrrole nitrogens is 1. The summed E-state index contributed by atoms with van der Waals surface area (Å²) in [5.74, 6) is 0.955. The van der Waals surface area contributed by atoms with Crippen LogP contribution in [0.15, 0.2) is 70.0 Å². The van der Waals surface area contributed by atoms with Gasteiger partial charge in [0.2, 0.25) is 0 Å². The Balaban J connectivity index is 1.69. The molecule has 3 N–H and O–H groups in total. The van der Waals surface area contributed by atoms with E-state index in [0.717, 1.165) is 11.4 Å². The molecule has 0 spiro atoms. The molecule has 0 radical (unpaired) electrons. The first-order valence-electron chi connectivity index (χ1n) is 7.14. The number of para-hydroxylation sites is 3. The lowest BCUT2D eigenvalue weighted by Gasteiger charge is -2.14. The van der Waals surface area contributed by atoms with Gasteiger partial charge >= 0.3 is 5.76 Å². The molecule has 3 rings (SSSR count). The van der Waals surface area contributed by atoms with Crippen LogP contribution in [0.5, 0.6) is 11.5 Å². The molecule has 0 amide bonds. The second-order valence-corrected chi connectivity index (χ2v) is 4.89. The summed E-state index contributed by atoms with van der Waals surface area (Å²) in [6.45, 7) is 0.177. The Morgan fingerprint density at radius 1 is 1.13 bits per heavy atom. The van der Waals surface area contributed by atoms with Gasteiger partial charge in [0, 0.05) is 12.7 Å². The zero-order valence-electron chi connectivity index (χ0n) is 12.2. The Kier molecular flexibility index (Phi) is 4.44. The summed E-state index contributed by atoms with van der Waals surface area (Å²) in [5, 5.41) is 13.1. The zero-order valence-corrected chi connectivity index (χ0v) is 12.2. The lowest BCUT2D eigenvalue weighted by Crippen LogP contribution is -2.12. The van der Waals surface area contributed by atoms with Gasteiger partial charge in [-0.15, -0.1) is 0 Å². The van der Waals surface area contributed by atoms with Crippen LogP contribution < -0.4 is 15.8 Å². The fourth-order valence-electron chi connectivity index (χ4n) is 2.08. The van der Waals surface area contributed by atoms with Crippen molar-refractivity contribution in [3.63, 3.8) is 0 Å². The van der Waals surface area contributed by atoms with Gasteiger partial charge in [-0.05, 0) is 24.3 Å². The van der Waals surface area contributed by atoms with E-state index in [1.807, 2.05) is 54.6 Å². The van der Waals surface area contributed by atoms with E-state index in [9.17, 15) is 9.90 Å². The van der Waals surface area contributed by atoms with Crippen molar-refractivity contribution >= 4 is 5.69 Å². The fraction of sp³-hybridized carbons (Fsp3) is 0.118. The summed E-state index contributed by atoms with van der Waals surface area (Å²) in [6.07, 6.45) is 0.403. The molecule has 1 heterocycles. The average Bonchev–Trinajstić information content (AvgIpc) is 3.01. The molecule has 0 bridgehead atoms. The number of aliphatic hydroxyl groups excluding tert-OH is 1. The first kappa shape index (κ1) is 14.9. The van der Waals surface area contributed by atoms with Crippen molar-refractivity contribution in [1.82, 2.24) is 4.98 Å². The second-order valence-electron chi connectivity index (χ2n) is 4.89. The summed E-state index contributed by atoms with van der Waals surface area (Å²) in [4.78, 5) is 13.3. The van der Waals surface area contributed by atoms with Gasteiger partial charge < -0.3 is 19.6 Å². The van der Waals surface area contributed by atoms with Gasteiger partial charge in [0.25, 0.3) is 0 Å². The molecule has 2 aromatic carbocycles. The molecule has 0 saturated heterocycles. The fourth-order valence-corrected chi connectivity index (χ4v) is 2.08. The van der Waals surface area contributed by atoms with Gasteiger partial charge in [-0.2, -0.15) is 0 Å². The Morgan fingerprint density at radius 3 is 2.61 bits per heavy atom. The number of nitrogens with one attached hydrogen (secondary N) is 2. The molecule has 118 valence electrons. The Morgan fingerprint density at radius 2 is 1.87 bits per heavy atom. The Bertz CT molecular complexity index is 810. The highest BCUT2D eigenvalue weighted by molar-refractivity contribution is 5.57. The van der Waals surface area contributed by atoms with E-state index in [0.29, 0.717) is 5.75 Å². The quantitative estimate of drug-likeness (QED) is 0.651. The largest absolute Gasteiger partial charge is 0.455 e. The number of ether oxygens (including phenoxy) is 1. The molecule has 1 unspecified atom stereocenters. The highest BCUT2D eigenvalue weighted by atomic mass is 16.5. The standard InChI is InChI=1S/C17H16N2O4/c20-14(16-11-19-17(21)23-16)10-18-13-8-4-5-9-15(13)22-12-6-2-1-3-7-12/h1-9,11,14,18,20H,10H2,(H,19,21). The van der Waals surface area contributed by atoms with E-state index in [1.165, 1.54) is 6.20 Å². The van der Waals surface area contributed by atoms with Crippen molar-refractivity contribution in [1.29, 1.82) is 0 Å². The number of hydrogen-bond acceptors (Lipinski definition) is 5. The monoisotopic (exact) mass is 312 g/mol. The van der Waals surface area contributed by atoms with Crippen molar-refractivity contribution in [3.8, 4) is 11.5 Å². The maximum Gasteiger partial charge on any atom is 0.416 e. The third-order valence-electron chi connectivity index (χ3n) is 3.22. The lowest BCUT2D eigenvalue weighted by molar-refractivity contribution is 0.160. The van der Waals surface area contributed by atoms with Gasteiger partial charge in [-0.3, -0.25) is 4.98 Å². The van der Waals surface area contributed by atoms with E-state index >= 15 is 0 Å². The maximum atomic E-state index is 11.0. The third-order valence-corrected chi connectivity index (χ3v) is 3.22. The summed E-state index contributed by atoms with van der Waals surface area (Å²) < 4.78 is 10.7. The van der Waals surface area contributed by atoms with Crippen molar-refractivity contribution < 1.29 is 14.3 Å². The zero-order chi connectivity index (χ0) is 16.1. The van der Waals surface area contributed by atoms with Crippen molar-refractivity contribution in [3.05, 3.63) is 77.1 Å². The normalized spacial score (nSPS) is 11.9. The SMILES string of the molecule is O=c1[nH]cc(C(O)CNc2ccccc2Oc2ccccc2)o1. The molecule has 1 atom stereocenters. The molecular weight excluding hydrogens is 296 g/mol. The first-order valence-corrected chi connectivity index (χ1v) is 7.14. The molecular formula is C17H16N2O4. The van der Waals surface area contributed by atoms with Crippen molar-refractivity contribution in [2.45, 2.75) is 6.10 Å². The molecule has 23 heavy (non-hydrogen) atoms. The van der Waals surface area contributed by atoms with Crippen molar-refractivity contribution in [2.24, 2.45) is 0 Å². The summed E-state index contributed by atoms with van der Waals surface area (Å²) in [7, 11) is 0. The van der Waals surface area contributed by atoms with Crippen molar-refractivity contribution in [2.75, 3.05) is 11.9 Å². The van der Waals surface area contributed by atoms with Crippen LogP contribution in [0.4, 0.5) is 5.69 Å². The molecule has 0 aliphatic rings. The van der Waals surface area contributed by atoms with Gasteiger partial charge in [0.05, 0.1) is 5.69 Å². The first-order chi connectivity index (χ1) is 11.2. The number of benzene rings is 2. The van der Waals surface area contributed by atoms with Crippen LogP contribution in [0, 0.1) is 0 Å². The highest BCUT2D eigenvalue weighted by Crippen LogP contribution is 2.29. The molecule has 0 saturated carbocycles. The van der Waals surface area contributed by atoms with Crippen LogP contribution in [0.1, 0.15) is 11.9 Å². The van der Waals surface area contributed by atoms with Crippen LogP contribution in [0.2, 0.25) is 0 Å². The lowest BCUT2D eigenvalue weighted by atomic mass is 10.2. The van der Waals surface area contributed by atoms with Crippen LogP contribution >= 0.6 is 0 Å². The van der Waals surface area contributed by atoms with Gasteiger partial charge in [-0.25, -0.2) is 4.79 Å². The molecule has 0 fully saturated rings. The molecule has 0 aliphatic heterocycles. The van der Waals surface area contributed by atoms with Crippen LogP contribution in [0.3, 0.4) is 0 Å². The van der Waals surface area contributed by atoms with E-state index in [1.54, 1.807) is 0 Å². The van der Waals surface area contributed by atoms with Crippen LogP contribution in [0.25, 0.3) is 0 Å². The molecule has 0 aliphatic carbocycles. The topological polar surface area (TPSA) is 87.5 Å². The second kappa shape index (κ2) is 6.85. The molecule has 6 nitrogen and oxygen atoms in total. The summed E-state index contributed by atoms with van der Waals surface area (Å²) in [5.41, 5.74) is 0.730. The predicted molar refractivity (Wildman–Crippen MR) is 85.7 cm³/mol. The Hall–Kier alpha value is -2.99. The Labute approximate surface area is 132 Å². The predicted octanol–water partition coefficient (Wildman–Crippen LogP) is 2.91. The molecule has 1 aromatic heterocycles. The number of anilines is 1.